The van der Waals surface area contributed by atoms with Gasteiger partial charge in [0.05, 0.1) is 0 Å². The number of aromatic nitrogens is 2. The molecule has 1 aliphatic heterocycles. The third kappa shape index (κ3) is 4.08. The minimum atomic E-state index is -0.0124. The summed E-state index contributed by atoms with van der Waals surface area (Å²) in [5.74, 6) is 2.64. The standard InChI is InChI=1S/C15H26N4/c1-11-6-8-19(9-7-11)13-10-12(2)16-14(17-13)18-15(3,4)5/h10-11H,6-9H2,1-5H3,(H,16,17,18). The van der Waals surface area contributed by atoms with Gasteiger partial charge in [0.2, 0.25) is 5.95 Å². The monoisotopic (exact) mass is 262 g/mol. The summed E-state index contributed by atoms with van der Waals surface area (Å²) in [6.07, 6.45) is 2.51. The predicted molar refractivity (Wildman–Crippen MR) is 80.8 cm³/mol. The van der Waals surface area contributed by atoms with Crippen molar-refractivity contribution in [3.8, 4) is 0 Å². The van der Waals surface area contributed by atoms with Crippen molar-refractivity contribution in [2.75, 3.05) is 23.3 Å². The van der Waals surface area contributed by atoms with Gasteiger partial charge in [-0.05, 0) is 46.5 Å². The van der Waals surface area contributed by atoms with Gasteiger partial charge in [0, 0.05) is 30.4 Å². The number of piperidine rings is 1. The first-order chi connectivity index (χ1) is 8.83. The fourth-order valence-electron chi connectivity index (χ4n) is 2.34. The highest BCUT2D eigenvalue weighted by Gasteiger charge is 2.19. The van der Waals surface area contributed by atoms with Gasteiger partial charge in [-0.2, -0.15) is 4.98 Å². The van der Waals surface area contributed by atoms with Crippen molar-refractivity contribution in [1.82, 2.24) is 9.97 Å². The third-order valence-corrected chi connectivity index (χ3v) is 3.44. The molecule has 0 bridgehead atoms. The molecule has 0 saturated carbocycles. The van der Waals surface area contributed by atoms with Gasteiger partial charge in [0.15, 0.2) is 0 Å². The molecule has 1 aromatic rings. The Hall–Kier alpha value is -1.32. The van der Waals surface area contributed by atoms with Gasteiger partial charge >= 0.3 is 0 Å². The van der Waals surface area contributed by atoms with Crippen LogP contribution in [0.2, 0.25) is 0 Å². The lowest BCUT2D eigenvalue weighted by atomic mass is 9.99. The molecule has 19 heavy (non-hydrogen) atoms. The summed E-state index contributed by atoms with van der Waals surface area (Å²) in [6.45, 7) is 12.9. The molecule has 0 radical (unpaired) electrons. The van der Waals surface area contributed by atoms with Gasteiger partial charge in [-0.25, -0.2) is 4.98 Å². The fourth-order valence-corrected chi connectivity index (χ4v) is 2.34. The molecule has 2 rings (SSSR count). The first kappa shape index (κ1) is 14.1. The molecule has 0 spiro atoms. The summed E-state index contributed by atoms with van der Waals surface area (Å²) in [7, 11) is 0. The van der Waals surface area contributed by atoms with Gasteiger partial charge in [-0.1, -0.05) is 6.92 Å². The second-order valence-corrected chi connectivity index (χ2v) is 6.74. The molecular weight excluding hydrogens is 236 g/mol. The van der Waals surface area contributed by atoms with Gasteiger partial charge in [-0.3, -0.25) is 0 Å². The molecule has 0 amide bonds. The molecule has 1 fully saturated rings. The molecule has 0 atom stereocenters. The van der Waals surface area contributed by atoms with E-state index < -0.39 is 0 Å². The minimum absolute atomic E-state index is 0.0124. The number of anilines is 2. The zero-order valence-corrected chi connectivity index (χ0v) is 12.8. The Labute approximate surface area is 116 Å². The number of nitrogens with one attached hydrogen (secondary N) is 1. The van der Waals surface area contributed by atoms with Crippen LogP contribution in [0.5, 0.6) is 0 Å². The molecule has 4 nitrogen and oxygen atoms in total. The third-order valence-electron chi connectivity index (χ3n) is 3.44. The van der Waals surface area contributed by atoms with Crippen LogP contribution >= 0.6 is 0 Å². The lowest BCUT2D eigenvalue weighted by molar-refractivity contribution is 0.436. The van der Waals surface area contributed by atoms with Gasteiger partial charge in [0.25, 0.3) is 0 Å². The molecule has 2 heterocycles. The predicted octanol–water partition coefficient (Wildman–Crippen LogP) is 3.23. The number of rotatable bonds is 2. The van der Waals surface area contributed by atoms with Crippen molar-refractivity contribution in [2.24, 2.45) is 5.92 Å². The second-order valence-electron chi connectivity index (χ2n) is 6.74. The Morgan fingerprint density at radius 2 is 1.84 bits per heavy atom. The van der Waals surface area contributed by atoms with Crippen LogP contribution in [0, 0.1) is 12.8 Å². The maximum Gasteiger partial charge on any atom is 0.225 e. The van der Waals surface area contributed by atoms with Crippen LogP contribution in [0.25, 0.3) is 0 Å². The van der Waals surface area contributed by atoms with Crippen LogP contribution in [-0.4, -0.2) is 28.6 Å². The van der Waals surface area contributed by atoms with Crippen molar-refractivity contribution < 1.29 is 0 Å². The van der Waals surface area contributed by atoms with Crippen molar-refractivity contribution in [2.45, 2.75) is 53.0 Å². The van der Waals surface area contributed by atoms with E-state index in [0.717, 1.165) is 36.5 Å². The molecule has 0 aromatic carbocycles. The first-order valence-corrected chi connectivity index (χ1v) is 7.22. The number of aryl methyl sites for hydroxylation is 1. The summed E-state index contributed by atoms with van der Waals surface area (Å²) < 4.78 is 0. The maximum atomic E-state index is 4.67. The normalized spacial score (nSPS) is 17.6. The number of hydrogen-bond donors (Lipinski definition) is 1. The van der Waals surface area contributed by atoms with Crippen LogP contribution in [0.3, 0.4) is 0 Å². The van der Waals surface area contributed by atoms with E-state index >= 15 is 0 Å². The fraction of sp³-hybridized carbons (Fsp3) is 0.733. The molecule has 0 unspecified atom stereocenters. The van der Waals surface area contributed by atoms with E-state index in [1.807, 2.05) is 6.92 Å². The minimum Gasteiger partial charge on any atom is -0.356 e. The van der Waals surface area contributed by atoms with Gasteiger partial charge < -0.3 is 10.2 Å². The van der Waals surface area contributed by atoms with E-state index in [2.05, 4.69) is 53.9 Å². The summed E-state index contributed by atoms with van der Waals surface area (Å²) >= 11 is 0. The van der Waals surface area contributed by atoms with E-state index in [4.69, 9.17) is 0 Å². The van der Waals surface area contributed by atoms with Gasteiger partial charge in [0.1, 0.15) is 5.82 Å². The van der Waals surface area contributed by atoms with Crippen LogP contribution in [-0.2, 0) is 0 Å². The summed E-state index contributed by atoms with van der Waals surface area (Å²) in [4.78, 5) is 11.5. The van der Waals surface area contributed by atoms with E-state index in [1.165, 1.54) is 12.8 Å². The van der Waals surface area contributed by atoms with E-state index in [-0.39, 0.29) is 5.54 Å². The lowest BCUT2D eigenvalue weighted by Gasteiger charge is -2.31. The number of nitrogens with zero attached hydrogens (tertiary/aromatic N) is 3. The summed E-state index contributed by atoms with van der Waals surface area (Å²) in [5, 5.41) is 3.36. The zero-order chi connectivity index (χ0) is 14.0. The molecular formula is C15H26N4. The van der Waals surface area contributed by atoms with Crippen molar-refractivity contribution in [3.05, 3.63) is 11.8 Å². The highest BCUT2D eigenvalue weighted by Crippen LogP contribution is 2.23. The molecule has 0 aliphatic carbocycles. The summed E-state index contributed by atoms with van der Waals surface area (Å²) in [5.41, 5.74) is 1.01. The molecule has 1 saturated heterocycles. The average molecular weight is 262 g/mol. The second kappa shape index (κ2) is 5.35. The highest BCUT2D eigenvalue weighted by molar-refractivity contribution is 5.45. The summed E-state index contributed by atoms with van der Waals surface area (Å²) in [6, 6.07) is 2.09. The Morgan fingerprint density at radius 3 is 2.42 bits per heavy atom. The van der Waals surface area contributed by atoms with Crippen LogP contribution < -0.4 is 10.2 Å². The van der Waals surface area contributed by atoms with E-state index in [9.17, 15) is 0 Å². The Morgan fingerprint density at radius 1 is 1.21 bits per heavy atom. The van der Waals surface area contributed by atoms with Crippen LogP contribution in [0.4, 0.5) is 11.8 Å². The van der Waals surface area contributed by atoms with Crippen molar-refractivity contribution in [1.29, 1.82) is 0 Å². The van der Waals surface area contributed by atoms with Crippen molar-refractivity contribution >= 4 is 11.8 Å². The molecule has 1 aliphatic rings. The van der Waals surface area contributed by atoms with Crippen molar-refractivity contribution in [3.63, 3.8) is 0 Å². The molecule has 1 aromatic heterocycles. The van der Waals surface area contributed by atoms with Crippen LogP contribution in [0.15, 0.2) is 6.07 Å². The smallest absolute Gasteiger partial charge is 0.225 e. The Kier molecular flexibility index (Phi) is 3.97. The zero-order valence-electron chi connectivity index (χ0n) is 12.8. The van der Waals surface area contributed by atoms with Crippen LogP contribution in [0.1, 0.15) is 46.2 Å². The number of hydrogen-bond acceptors (Lipinski definition) is 4. The SMILES string of the molecule is Cc1cc(N2CCC(C)CC2)nc(NC(C)(C)C)n1. The first-order valence-electron chi connectivity index (χ1n) is 7.22. The topological polar surface area (TPSA) is 41.1 Å². The highest BCUT2D eigenvalue weighted by atomic mass is 15.2. The lowest BCUT2D eigenvalue weighted by Crippen LogP contribution is -2.34. The Bertz CT molecular complexity index is 428. The largest absolute Gasteiger partial charge is 0.356 e. The van der Waals surface area contributed by atoms with E-state index in [0.29, 0.717) is 0 Å². The maximum absolute atomic E-state index is 4.67. The average Bonchev–Trinajstić information content (AvgIpc) is 2.26. The molecule has 1 N–H and O–H groups in total. The molecule has 106 valence electrons. The van der Waals surface area contributed by atoms with Gasteiger partial charge in [-0.15, -0.1) is 0 Å². The Balaban J connectivity index is 2.17. The quantitative estimate of drug-likeness (QED) is 0.888. The van der Waals surface area contributed by atoms with E-state index in [1.54, 1.807) is 0 Å². The molecule has 4 heteroatoms.